The van der Waals surface area contributed by atoms with Crippen molar-refractivity contribution in [2.24, 2.45) is 0 Å². The molecular formula is C8H8ClN3O2. The van der Waals surface area contributed by atoms with Crippen LogP contribution in [0.2, 0.25) is 5.15 Å². The third kappa shape index (κ3) is 2.00. The van der Waals surface area contributed by atoms with Crippen LogP contribution in [-0.2, 0) is 4.74 Å². The van der Waals surface area contributed by atoms with Crippen LogP contribution >= 0.6 is 11.6 Å². The number of nitrogens with one attached hydrogen (secondary N) is 1. The van der Waals surface area contributed by atoms with Gasteiger partial charge in [-0.15, -0.1) is 10.2 Å². The molecule has 1 aromatic heterocycles. The third-order valence-corrected chi connectivity index (χ3v) is 2.04. The van der Waals surface area contributed by atoms with Gasteiger partial charge in [-0.2, -0.15) is 0 Å². The van der Waals surface area contributed by atoms with Crippen LogP contribution in [0.5, 0.6) is 0 Å². The van der Waals surface area contributed by atoms with E-state index in [1.54, 1.807) is 0 Å². The Morgan fingerprint density at radius 3 is 2.79 bits per heavy atom. The zero-order valence-corrected chi connectivity index (χ0v) is 7.99. The second-order valence-electron chi connectivity index (χ2n) is 2.95. The van der Waals surface area contributed by atoms with E-state index in [4.69, 9.17) is 16.3 Å². The van der Waals surface area contributed by atoms with Crippen LogP contribution in [-0.4, -0.2) is 35.4 Å². The van der Waals surface area contributed by atoms with Crippen molar-refractivity contribution < 1.29 is 9.53 Å². The fourth-order valence-corrected chi connectivity index (χ4v) is 1.12. The van der Waals surface area contributed by atoms with Crippen molar-refractivity contribution in [3.63, 3.8) is 0 Å². The van der Waals surface area contributed by atoms with E-state index in [1.807, 2.05) is 0 Å². The summed E-state index contributed by atoms with van der Waals surface area (Å²) < 4.78 is 4.92. The molecule has 1 saturated heterocycles. The zero-order valence-electron chi connectivity index (χ0n) is 7.24. The molecule has 0 aromatic carbocycles. The monoisotopic (exact) mass is 213 g/mol. The van der Waals surface area contributed by atoms with Crippen LogP contribution in [0.1, 0.15) is 10.5 Å². The highest BCUT2D eigenvalue weighted by Gasteiger charge is 2.21. The average molecular weight is 214 g/mol. The molecule has 1 aromatic rings. The van der Waals surface area contributed by atoms with Gasteiger partial charge in [-0.1, -0.05) is 11.6 Å². The highest BCUT2D eigenvalue weighted by atomic mass is 35.5. The summed E-state index contributed by atoms with van der Waals surface area (Å²) in [7, 11) is 0. The van der Waals surface area contributed by atoms with Crippen molar-refractivity contribution in [1.29, 1.82) is 0 Å². The molecule has 0 atom stereocenters. The molecule has 14 heavy (non-hydrogen) atoms. The van der Waals surface area contributed by atoms with Gasteiger partial charge in [-0.25, -0.2) is 0 Å². The molecule has 1 aliphatic rings. The Labute approximate surface area is 85.4 Å². The van der Waals surface area contributed by atoms with Gasteiger partial charge in [0, 0.05) is 0 Å². The molecule has 1 aliphatic heterocycles. The highest BCUT2D eigenvalue weighted by Crippen LogP contribution is 2.04. The minimum Gasteiger partial charge on any atom is -0.377 e. The van der Waals surface area contributed by atoms with Gasteiger partial charge in [-0.05, 0) is 12.1 Å². The third-order valence-electron chi connectivity index (χ3n) is 1.84. The summed E-state index contributed by atoms with van der Waals surface area (Å²) in [6.45, 7) is 1.12. The van der Waals surface area contributed by atoms with Crippen molar-refractivity contribution >= 4 is 17.5 Å². The smallest absolute Gasteiger partial charge is 0.272 e. The van der Waals surface area contributed by atoms with Gasteiger partial charge >= 0.3 is 0 Å². The number of halogens is 1. The number of ether oxygens (including phenoxy) is 1. The summed E-state index contributed by atoms with van der Waals surface area (Å²) in [6.07, 6.45) is 0. The predicted molar refractivity (Wildman–Crippen MR) is 49.1 cm³/mol. The van der Waals surface area contributed by atoms with E-state index in [0.29, 0.717) is 13.2 Å². The molecule has 1 fully saturated rings. The predicted octanol–water partition coefficient (Wildman–Crippen LogP) is 0.259. The maximum Gasteiger partial charge on any atom is 0.272 e. The first-order valence-corrected chi connectivity index (χ1v) is 4.51. The zero-order chi connectivity index (χ0) is 9.97. The normalized spacial score (nSPS) is 16.1. The van der Waals surface area contributed by atoms with Crippen LogP contribution in [0, 0.1) is 0 Å². The lowest BCUT2D eigenvalue weighted by atomic mass is 10.2. The Kier molecular flexibility index (Phi) is 2.60. The standard InChI is InChI=1S/C8H8ClN3O2/c9-7-2-1-6(11-12-7)8(13)10-5-3-14-4-5/h1-2,5H,3-4H2,(H,10,13). The van der Waals surface area contributed by atoms with Gasteiger partial charge < -0.3 is 10.1 Å². The second kappa shape index (κ2) is 3.89. The minimum atomic E-state index is -0.248. The Morgan fingerprint density at radius 1 is 1.50 bits per heavy atom. The van der Waals surface area contributed by atoms with Gasteiger partial charge in [-0.3, -0.25) is 4.79 Å². The van der Waals surface area contributed by atoms with Gasteiger partial charge in [0.25, 0.3) is 5.91 Å². The molecule has 1 amide bonds. The number of carbonyl (C=O) groups excluding carboxylic acids is 1. The van der Waals surface area contributed by atoms with Crippen molar-refractivity contribution in [1.82, 2.24) is 15.5 Å². The average Bonchev–Trinajstić information content (AvgIpc) is 2.12. The molecule has 0 radical (unpaired) electrons. The molecule has 74 valence electrons. The fraction of sp³-hybridized carbons (Fsp3) is 0.375. The number of hydrogen-bond donors (Lipinski definition) is 1. The minimum absolute atomic E-state index is 0.0972. The molecule has 6 heteroatoms. The van der Waals surface area contributed by atoms with Crippen molar-refractivity contribution in [2.45, 2.75) is 6.04 Å². The summed E-state index contributed by atoms with van der Waals surface area (Å²) in [5, 5.41) is 10.2. The van der Waals surface area contributed by atoms with Crippen LogP contribution in [0.3, 0.4) is 0 Å². The number of amides is 1. The Morgan fingerprint density at radius 2 is 2.29 bits per heavy atom. The fourth-order valence-electron chi connectivity index (χ4n) is 1.02. The van der Waals surface area contributed by atoms with Crippen molar-refractivity contribution in [3.05, 3.63) is 23.0 Å². The molecule has 2 heterocycles. The first-order valence-electron chi connectivity index (χ1n) is 4.13. The van der Waals surface area contributed by atoms with Gasteiger partial charge in [0.05, 0.1) is 19.3 Å². The molecule has 1 N–H and O–H groups in total. The maximum absolute atomic E-state index is 11.4. The SMILES string of the molecule is O=C(NC1COC1)c1ccc(Cl)nn1. The number of nitrogens with zero attached hydrogens (tertiary/aromatic N) is 2. The molecular weight excluding hydrogens is 206 g/mol. The molecule has 0 bridgehead atoms. The van der Waals surface area contributed by atoms with Gasteiger partial charge in [0.1, 0.15) is 0 Å². The molecule has 0 spiro atoms. The van der Waals surface area contributed by atoms with Crippen molar-refractivity contribution in [2.75, 3.05) is 13.2 Å². The molecule has 0 saturated carbocycles. The lowest BCUT2D eigenvalue weighted by molar-refractivity contribution is -0.00356. The van der Waals surface area contributed by atoms with Crippen molar-refractivity contribution in [3.8, 4) is 0 Å². The first kappa shape index (κ1) is 9.36. The lowest BCUT2D eigenvalue weighted by Crippen LogP contribution is -2.48. The number of carbonyl (C=O) groups is 1. The number of rotatable bonds is 2. The van der Waals surface area contributed by atoms with E-state index in [2.05, 4.69) is 15.5 Å². The summed E-state index contributed by atoms with van der Waals surface area (Å²) >= 11 is 5.54. The van der Waals surface area contributed by atoms with E-state index < -0.39 is 0 Å². The molecule has 2 rings (SSSR count). The maximum atomic E-state index is 11.4. The van der Waals surface area contributed by atoms with Crippen LogP contribution in [0.15, 0.2) is 12.1 Å². The quantitative estimate of drug-likeness (QED) is 0.766. The first-order chi connectivity index (χ1) is 6.75. The van der Waals surface area contributed by atoms with E-state index in [-0.39, 0.29) is 22.8 Å². The largest absolute Gasteiger partial charge is 0.377 e. The summed E-state index contributed by atoms with van der Waals surface area (Å²) in [5.41, 5.74) is 0.265. The Hall–Kier alpha value is -1.20. The summed E-state index contributed by atoms with van der Waals surface area (Å²) in [4.78, 5) is 11.4. The molecule has 5 nitrogen and oxygen atoms in total. The summed E-state index contributed by atoms with van der Waals surface area (Å²) in [5.74, 6) is -0.248. The lowest BCUT2D eigenvalue weighted by Gasteiger charge is -2.26. The topological polar surface area (TPSA) is 64.1 Å². The van der Waals surface area contributed by atoms with Crippen LogP contribution < -0.4 is 5.32 Å². The number of hydrogen-bond acceptors (Lipinski definition) is 4. The number of aromatic nitrogens is 2. The second-order valence-corrected chi connectivity index (χ2v) is 3.34. The van der Waals surface area contributed by atoms with E-state index in [1.165, 1.54) is 12.1 Å². The van der Waals surface area contributed by atoms with Crippen LogP contribution in [0.4, 0.5) is 0 Å². The Balaban J connectivity index is 1.99. The van der Waals surface area contributed by atoms with Gasteiger partial charge in [0.2, 0.25) is 0 Å². The molecule has 0 unspecified atom stereocenters. The van der Waals surface area contributed by atoms with Crippen LogP contribution in [0.25, 0.3) is 0 Å². The van der Waals surface area contributed by atoms with Gasteiger partial charge in [0.15, 0.2) is 10.8 Å². The van der Waals surface area contributed by atoms with E-state index >= 15 is 0 Å². The van der Waals surface area contributed by atoms with E-state index in [9.17, 15) is 4.79 Å². The highest BCUT2D eigenvalue weighted by molar-refractivity contribution is 6.29. The Bertz CT molecular complexity index is 337. The summed E-state index contributed by atoms with van der Waals surface area (Å²) in [6, 6.07) is 3.16. The van der Waals surface area contributed by atoms with E-state index in [0.717, 1.165) is 0 Å². The molecule has 0 aliphatic carbocycles.